The van der Waals surface area contributed by atoms with E-state index in [1.165, 1.54) is 20.3 Å². The fraction of sp³-hybridized carbons (Fsp3) is 0.333. The molecule has 0 N–H and O–H groups in total. The van der Waals surface area contributed by atoms with E-state index in [1.807, 2.05) is 0 Å². The minimum Gasteiger partial charge on any atom is -0.496 e. The minimum atomic E-state index is -0.606. The molecule has 0 fully saturated rings. The molecule has 0 bridgehead atoms. The zero-order valence-corrected chi connectivity index (χ0v) is 9.98. The number of benzene rings is 1. The predicted octanol–water partition coefficient (Wildman–Crippen LogP) is 1.66. The van der Waals surface area contributed by atoms with Gasteiger partial charge in [-0.3, -0.25) is 0 Å². The number of hydrogen-bond donors (Lipinski definition) is 0. The first-order valence-corrected chi connectivity index (χ1v) is 5.08. The van der Waals surface area contributed by atoms with Crippen LogP contribution in [-0.4, -0.2) is 32.8 Å². The molecule has 0 unspecified atom stereocenters. The molecule has 0 aromatic heterocycles. The second-order valence-electron chi connectivity index (χ2n) is 3.09. The molecule has 0 aliphatic heterocycles. The highest BCUT2D eigenvalue weighted by Gasteiger charge is 2.23. The Hall–Kier alpha value is -2.04. The number of rotatable bonds is 4. The lowest BCUT2D eigenvalue weighted by molar-refractivity contribution is 0.0500. The molecule has 92 valence electrons. The minimum absolute atomic E-state index is 0.0868. The van der Waals surface area contributed by atoms with Gasteiger partial charge in [-0.25, -0.2) is 9.59 Å². The van der Waals surface area contributed by atoms with E-state index in [0.29, 0.717) is 0 Å². The molecule has 17 heavy (non-hydrogen) atoms. The van der Waals surface area contributed by atoms with Crippen LogP contribution in [0.15, 0.2) is 18.2 Å². The van der Waals surface area contributed by atoms with Crippen LogP contribution in [0.1, 0.15) is 27.6 Å². The van der Waals surface area contributed by atoms with Crippen LogP contribution < -0.4 is 4.74 Å². The normalized spacial score (nSPS) is 9.59. The highest BCUT2D eigenvalue weighted by atomic mass is 16.5. The third-order valence-corrected chi connectivity index (χ3v) is 2.13. The maximum absolute atomic E-state index is 11.8. The van der Waals surface area contributed by atoms with Gasteiger partial charge < -0.3 is 14.2 Å². The van der Waals surface area contributed by atoms with Crippen molar-refractivity contribution in [1.29, 1.82) is 0 Å². The number of methoxy groups -OCH3 is 2. The van der Waals surface area contributed by atoms with Crippen molar-refractivity contribution in [3.05, 3.63) is 29.3 Å². The Balaban J connectivity index is 3.30. The van der Waals surface area contributed by atoms with Crippen LogP contribution in [0.25, 0.3) is 0 Å². The Bertz CT molecular complexity index is 425. The molecule has 1 aromatic carbocycles. The lowest BCUT2D eigenvalue weighted by Gasteiger charge is -2.11. The van der Waals surface area contributed by atoms with Crippen LogP contribution in [0.4, 0.5) is 0 Å². The Morgan fingerprint density at radius 3 is 2.41 bits per heavy atom. The third kappa shape index (κ3) is 2.75. The maximum Gasteiger partial charge on any atom is 0.342 e. The van der Waals surface area contributed by atoms with Gasteiger partial charge in [0.15, 0.2) is 0 Å². The Morgan fingerprint density at radius 2 is 1.88 bits per heavy atom. The van der Waals surface area contributed by atoms with Crippen molar-refractivity contribution in [2.75, 3.05) is 20.8 Å². The monoisotopic (exact) mass is 238 g/mol. The van der Waals surface area contributed by atoms with Gasteiger partial charge in [0.1, 0.15) is 11.3 Å². The molecular weight excluding hydrogens is 224 g/mol. The zero-order valence-electron chi connectivity index (χ0n) is 9.98. The summed E-state index contributed by atoms with van der Waals surface area (Å²) < 4.78 is 14.5. The highest BCUT2D eigenvalue weighted by molar-refractivity contribution is 6.05. The summed E-state index contributed by atoms with van der Waals surface area (Å²) in [5.41, 5.74) is 0.217. The molecule has 1 rings (SSSR count). The van der Waals surface area contributed by atoms with Crippen molar-refractivity contribution in [1.82, 2.24) is 0 Å². The van der Waals surface area contributed by atoms with Crippen molar-refractivity contribution in [2.24, 2.45) is 0 Å². The van der Waals surface area contributed by atoms with Crippen LogP contribution in [-0.2, 0) is 9.47 Å². The molecule has 0 atom stereocenters. The van der Waals surface area contributed by atoms with Gasteiger partial charge in [0.25, 0.3) is 0 Å². The summed E-state index contributed by atoms with van der Waals surface area (Å²) in [6.07, 6.45) is 0. The average Bonchev–Trinajstić information content (AvgIpc) is 2.37. The molecule has 0 radical (unpaired) electrons. The number of esters is 2. The van der Waals surface area contributed by atoms with Crippen molar-refractivity contribution < 1.29 is 23.8 Å². The second kappa shape index (κ2) is 5.89. The topological polar surface area (TPSA) is 61.8 Å². The van der Waals surface area contributed by atoms with Gasteiger partial charge in [0.05, 0.1) is 26.4 Å². The van der Waals surface area contributed by atoms with E-state index in [4.69, 9.17) is 9.47 Å². The van der Waals surface area contributed by atoms with Gasteiger partial charge in [0.2, 0.25) is 0 Å². The van der Waals surface area contributed by atoms with Crippen LogP contribution in [0.5, 0.6) is 5.75 Å². The standard InChI is InChI=1S/C12H14O5/c1-4-17-12(14)10-8(11(13)16-3)6-5-7-9(10)15-2/h5-7H,4H2,1-3H3. The summed E-state index contributed by atoms with van der Waals surface area (Å²) >= 11 is 0. The molecule has 0 amide bonds. The number of carbonyl (C=O) groups is 2. The van der Waals surface area contributed by atoms with Gasteiger partial charge in [-0.05, 0) is 19.1 Å². The molecule has 5 nitrogen and oxygen atoms in total. The molecular formula is C12H14O5. The summed E-state index contributed by atoms with van der Waals surface area (Å²) in [7, 11) is 2.66. The third-order valence-electron chi connectivity index (χ3n) is 2.13. The molecule has 5 heteroatoms. The fourth-order valence-corrected chi connectivity index (χ4v) is 1.40. The van der Waals surface area contributed by atoms with Crippen LogP contribution in [0, 0.1) is 0 Å². The molecule has 0 saturated carbocycles. The van der Waals surface area contributed by atoms with Crippen molar-refractivity contribution in [3.8, 4) is 5.75 Å². The summed E-state index contributed by atoms with van der Waals surface area (Å²) in [6, 6.07) is 4.67. The van der Waals surface area contributed by atoms with E-state index in [9.17, 15) is 9.59 Å². The number of hydrogen-bond acceptors (Lipinski definition) is 5. The first-order chi connectivity index (χ1) is 8.15. The van der Waals surface area contributed by atoms with Crippen LogP contribution in [0.3, 0.4) is 0 Å². The highest BCUT2D eigenvalue weighted by Crippen LogP contribution is 2.23. The average molecular weight is 238 g/mol. The summed E-state index contributed by atoms with van der Waals surface area (Å²) in [5, 5.41) is 0. The molecule has 0 aliphatic rings. The van der Waals surface area contributed by atoms with Crippen LogP contribution in [0.2, 0.25) is 0 Å². The molecule has 0 heterocycles. The van der Waals surface area contributed by atoms with E-state index < -0.39 is 11.9 Å². The Labute approximate surface area is 99.3 Å². The van der Waals surface area contributed by atoms with E-state index in [1.54, 1.807) is 19.1 Å². The van der Waals surface area contributed by atoms with Gasteiger partial charge in [-0.15, -0.1) is 0 Å². The van der Waals surface area contributed by atoms with E-state index >= 15 is 0 Å². The smallest absolute Gasteiger partial charge is 0.342 e. The van der Waals surface area contributed by atoms with E-state index in [-0.39, 0.29) is 23.5 Å². The summed E-state index contributed by atoms with van der Waals surface area (Å²) in [6.45, 7) is 1.91. The van der Waals surface area contributed by atoms with Gasteiger partial charge in [0, 0.05) is 0 Å². The van der Waals surface area contributed by atoms with Crippen molar-refractivity contribution in [3.63, 3.8) is 0 Å². The quantitative estimate of drug-likeness (QED) is 0.746. The maximum atomic E-state index is 11.8. The van der Waals surface area contributed by atoms with E-state index in [0.717, 1.165) is 0 Å². The lowest BCUT2D eigenvalue weighted by atomic mass is 10.1. The molecule has 0 aliphatic carbocycles. The zero-order chi connectivity index (χ0) is 12.8. The lowest BCUT2D eigenvalue weighted by Crippen LogP contribution is -2.14. The van der Waals surface area contributed by atoms with Crippen molar-refractivity contribution in [2.45, 2.75) is 6.92 Å². The van der Waals surface area contributed by atoms with Crippen molar-refractivity contribution >= 4 is 11.9 Å². The summed E-state index contributed by atoms with van der Waals surface area (Å²) in [5.74, 6) is -0.927. The van der Waals surface area contributed by atoms with Gasteiger partial charge in [-0.1, -0.05) is 6.07 Å². The SMILES string of the molecule is CCOC(=O)c1c(OC)cccc1C(=O)OC. The first-order valence-electron chi connectivity index (χ1n) is 5.08. The van der Waals surface area contributed by atoms with E-state index in [2.05, 4.69) is 4.74 Å². The second-order valence-corrected chi connectivity index (χ2v) is 3.09. The van der Waals surface area contributed by atoms with Crippen LogP contribution >= 0.6 is 0 Å². The van der Waals surface area contributed by atoms with Gasteiger partial charge in [-0.2, -0.15) is 0 Å². The number of carbonyl (C=O) groups excluding carboxylic acids is 2. The molecule has 0 saturated heterocycles. The first kappa shape index (κ1) is 13.0. The Kier molecular flexibility index (Phi) is 4.51. The van der Waals surface area contributed by atoms with Gasteiger partial charge >= 0.3 is 11.9 Å². The largest absolute Gasteiger partial charge is 0.496 e. The summed E-state index contributed by atoms with van der Waals surface area (Å²) in [4.78, 5) is 23.3. The molecule has 0 spiro atoms. The predicted molar refractivity (Wildman–Crippen MR) is 60.3 cm³/mol. The fourth-order valence-electron chi connectivity index (χ4n) is 1.40. The Morgan fingerprint density at radius 1 is 1.18 bits per heavy atom. The number of ether oxygens (including phenoxy) is 3. The molecule has 1 aromatic rings.